The molecule has 7 nitrogen and oxygen atoms in total. The number of methoxy groups -OCH3 is 2. The molecule has 4 rings (SSSR count). The summed E-state index contributed by atoms with van der Waals surface area (Å²) in [6, 6.07) is 13.1. The molecule has 1 saturated heterocycles. The number of amides is 1. The second-order valence-corrected chi connectivity index (χ2v) is 8.25. The molecule has 1 aromatic heterocycles. The van der Waals surface area contributed by atoms with Crippen molar-refractivity contribution < 1.29 is 19.0 Å². The van der Waals surface area contributed by atoms with Crippen LogP contribution < -0.4 is 14.4 Å². The van der Waals surface area contributed by atoms with Gasteiger partial charge in [-0.05, 0) is 30.7 Å². The van der Waals surface area contributed by atoms with Crippen LogP contribution in [0.4, 0.5) is 5.13 Å². The van der Waals surface area contributed by atoms with Crippen molar-refractivity contribution in [2.75, 3.05) is 58.5 Å². The summed E-state index contributed by atoms with van der Waals surface area (Å²) >= 11 is 1.45. The van der Waals surface area contributed by atoms with E-state index in [-0.39, 0.29) is 5.91 Å². The van der Waals surface area contributed by atoms with Crippen molar-refractivity contribution >= 4 is 32.6 Å². The van der Waals surface area contributed by atoms with Gasteiger partial charge in [0.1, 0.15) is 21.7 Å². The lowest BCUT2D eigenvalue weighted by atomic mass is 10.2. The third kappa shape index (κ3) is 4.81. The number of hydrogen-bond donors (Lipinski definition) is 0. The Morgan fingerprint density at radius 3 is 2.52 bits per heavy atom. The van der Waals surface area contributed by atoms with E-state index < -0.39 is 0 Å². The molecule has 8 heteroatoms. The topological polar surface area (TPSA) is 64.1 Å². The normalized spacial score (nSPS) is 14.5. The van der Waals surface area contributed by atoms with E-state index in [1.54, 1.807) is 19.1 Å². The number of benzene rings is 2. The van der Waals surface area contributed by atoms with E-state index in [2.05, 4.69) is 4.90 Å². The lowest BCUT2D eigenvalue weighted by Gasteiger charge is -2.27. The van der Waals surface area contributed by atoms with Gasteiger partial charge >= 0.3 is 0 Å². The maximum Gasteiger partial charge on any atom is 0.260 e. The molecule has 1 amide bonds. The monoisotopic (exact) mass is 441 g/mol. The van der Waals surface area contributed by atoms with Crippen LogP contribution in [0, 0.1) is 0 Å². The molecule has 0 unspecified atom stereocenters. The molecule has 1 aliphatic rings. The molecule has 2 aromatic carbocycles. The second kappa shape index (κ2) is 10.1. The zero-order valence-electron chi connectivity index (χ0n) is 17.9. The van der Waals surface area contributed by atoms with Crippen molar-refractivity contribution in [2.24, 2.45) is 0 Å². The number of rotatable bonds is 8. The largest absolute Gasteiger partial charge is 0.495 e. The maximum absolute atomic E-state index is 13.4. The van der Waals surface area contributed by atoms with Gasteiger partial charge in [-0.3, -0.25) is 14.6 Å². The van der Waals surface area contributed by atoms with Gasteiger partial charge in [-0.2, -0.15) is 0 Å². The van der Waals surface area contributed by atoms with Crippen molar-refractivity contribution in [1.29, 1.82) is 0 Å². The highest BCUT2D eigenvalue weighted by Crippen LogP contribution is 2.40. The van der Waals surface area contributed by atoms with Gasteiger partial charge in [0, 0.05) is 31.7 Å². The number of carbonyl (C=O) groups excluding carboxylic acids is 1. The molecule has 0 spiro atoms. The average Bonchev–Trinajstić information content (AvgIpc) is 3.27. The SMILES string of the molecule is COc1ccc(OC)c2sc(N(CCCN3CCOCC3)C(=O)c3ccccc3)nc12. The Kier molecular flexibility index (Phi) is 7.01. The molecule has 0 N–H and O–H groups in total. The zero-order chi connectivity index (χ0) is 21.6. The first-order valence-corrected chi connectivity index (χ1v) is 11.2. The van der Waals surface area contributed by atoms with Crippen LogP contribution in [-0.2, 0) is 4.74 Å². The number of thiazole rings is 1. The Morgan fingerprint density at radius 1 is 1.10 bits per heavy atom. The van der Waals surface area contributed by atoms with Gasteiger partial charge in [0.05, 0.1) is 27.4 Å². The Morgan fingerprint density at radius 2 is 1.81 bits per heavy atom. The first kappa shape index (κ1) is 21.5. The molecule has 0 radical (unpaired) electrons. The number of nitrogens with zero attached hydrogens (tertiary/aromatic N) is 3. The quantitative estimate of drug-likeness (QED) is 0.531. The molecule has 1 fully saturated rings. The molecule has 1 aliphatic heterocycles. The van der Waals surface area contributed by atoms with E-state index in [1.165, 1.54) is 11.3 Å². The summed E-state index contributed by atoms with van der Waals surface area (Å²) < 4.78 is 17.3. The fraction of sp³-hybridized carbons (Fsp3) is 0.391. The van der Waals surface area contributed by atoms with Gasteiger partial charge in [0.25, 0.3) is 5.91 Å². The van der Waals surface area contributed by atoms with Gasteiger partial charge in [-0.25, -0.2) is 4.98 Å². The minimum Gasteiger partial charge on any atom is -0.495 e. The van der Waals surface area contributed by atoms with Crippen LogP contribution >= 0.6 is 11.3 Å². The maximum atomic E-state index is 13.4. The lowest BCUT2D eigenvalue weighted by molar-refractivity contribution is 0.0376. The minimum absolute atomic E-state index is 0.0560. The average molecular weight is 442 g/mol. The zero-order valence-corrected chi connectivity index (χ0v) is 18.7. The minimum atomic E-state index is -0.0560. The summed E-state index contributed by atoms with van der Waals surface area (Å²) in [4.78, 5) is 22.4. The molecule has 0 bridgehead atoms. The van der Waals surface area contributed by atoms with Crippen molar-refractivity contribution in [3.05, 3.63) is 48.0 Å². The molecule has 0 saturated carbocycles. The standard InChI is InChI=1S/C23H27N3O4S/c1-28-18-9-10-19(29-2)21-20(18)24-23(31-21)26(22(27)17-7-4-3-5-8-17)12-6-11-25-13-15-30-16-14-25/h3-5,7-10H,6,11-16H2,1-2H3. The van der Waals surface area contributed by atoms with Crippen LogP contribution in [0.25, 0.3) is 10.2 Å². The summed E-state index contributed by atoms with van der Waals surface area (Å²) in [5.41, 5.74) is 1.35. The van der Waals surface area contributed by atoms with Crippen LogP contribution in [0.1, 0.15) is 16.8 Å². The number of carbonyl (C=O) groups is 1. The highest BCUT2D eigenvalue weighted by atomic mass is 32.1. The molecule has 164 valence electrons. The van der Waals surface area contributed by atoms with E-state index >= 15 is 0 Å². The van der Waals surface area contributed by atoms with Gasteiger partial charge in [0.15, 0.2) is 5.13 Å². The summed E-state index contributed by atoms with van der Waals surface area (Å²) in [6.07, 6.45) is 0.850. The second-order valence-electron chi connectivity index (χ2n) is 7.27. The first-order valence-electron chi connectivity index (χ1n) is 10.4. The number of ether oxygens (including phenoxy) is 3. The Bertz CT molecular complexity index is 977. The molecule has 0 atom stereocenters. The van der Waals surface area contributed by atoms with E-state index in [1.807, 2.05) is 42.5 Å². The highest BCUT2D eigenvalue weighted by molar-refractivity contribution is 7.22. The van der Waals surface area contributed by atoms with Crippen LogP contribution in [0.2, 0.25) is 0 Å². The fourth-order valence-electron chi connectivity index (χ4n) is 3.69. The molecule has 2 heterocycles. The number of aromatic nitrogens is 1. The summed E-state index contributed by atoms with van der Waals surface area (Å²) in [6.45, 7) is 4.90. The molecule has 31 heavy (non-hydrogen) atoms. The summed E-state index contributed by atoms with van der Waals surface area (Å²) in [7, 11) is 3.26. The van der Waals surface area contributed by atoms with Crippen LogP contribution in [0.3, 0.4) is 0 Å². The summed E-state index contributed by atoms with van der Waals surface area (Å²) in [5.74, 6) is 1.33. The number of fused-ring (bicyclic) bond motifs is 1. The Labute approximate surface area is 186 Å². The first-order chi connectivity index (χ1) is 15.2. The van der Waals surface area contributed by atoms with E-state index in [9.17, 15) is 4.79 Å². The Hall–Kier alpha value is -2.68. The number of morpholine rings is 1. The third-order valence-corrected chi connectivity index (χ3v) is 6.45. The third-order valence-electron chi connectivity index (χ3n) is 5.36. The van der Waals surface area contributed by atoms with Gasteiger partial charge in [-0.15, -0.1) is 0 Å². The predicted octanol–water partition coefficient (Wildman–Crippen LogP) is 3.68. The van der Waals surface area contributed by atoms with Crippen LogP contribution in [0.5, 0.6) is 11.5 Å². The molecule has 0 aliphatic carbocycles. The lowest BCUT2D eigenvalue weighted by Crippen LogP contribution is -2.39. The molecule has 3 aromatic rings. The number of anilines is 1. The van der Waals surface area contributed by atoms with Gasteiger partial charge < -0.3 is 14.2 Å². The Balaban J connectivity index is 1.63. The van der Waals surface area contributed by atoms with Crippen molar-refractivity contribution in [3.8, 4) is 11.5 Å². The smallest absolute Gasteiger partial charge is 0.260 e. The molecular formula is C23H27N3O4S. The van der Waals surface area contributed by atoms with E-state index in [0.717, 1.165) is 49.7 Å². The predicted molar refractivity (Wildman–Crippen MR) is 123 cm³/mol. The van der Waals surface area contributed by atoms with Crippen molar-refractivity contribution in [2.45, 2.75) is 6.42 Å². The van der Waals surface area contributed by atoms with Crippen LogP contribution in [0.15, 0.2) is 42.5 Å². The van der Waals surface area contributed by atoms with Crippen molar-refractivity contribution in [1.82, 2.24) is 9.88 Å². The van der Waals surface area contributed by atoms with Gasteiger partial charge in [0.2, 0.25) is 0 Å². The number of hydrogen-bond acceptors (Lipinski definition) is 7. The van der Waals surface area contributed by atoms with Gasteiger partial charge in [-0.1, -0.05) is 29.5 Å². The summed E-state index contributed by atoms with van der Waals surface area (Å²) in [5, 5.41) is 0.647. The van der Waals surface area contributed by atoms with E-state index in [4.69, 9.17) is 19.2 Å². The van der Waals surface area contributed by atoms with Crippen molar-refractivity contribution in [3.63, 3.8) is 0 Å². The highest BCUT2D eigenvalue weighted by Gasteiger charge is 2.24. The molecular weight excluding hydrogens is 414 g/mol. The van der Waals surface area contributed by atoms with E-state index in [0.29, 0.717) is 28.5 Å². The fourth-order valence-corrected chi connectivity index (χ4v) is 4.79. The van der Waals surface area contributed by atoms with Crippen LogP contribution in [-0.4, -0.2) is 69.4 Å².